The molecule has 0 unspecified atom stereocenters. The fourth-order valence-corrected chi connectivity index (χ4v) is 4.50. The molecule has 4 rings (SSSR count). The second-order valence-electron chi connectivity index (χ2n) is 8.59. The van der Waals surface area contributed by atoms with E-state index in [1.807, 2.05) is 49.5 Å². The molecule has 1 saturated heterocycles. The van der Waals surface area contributed by atoms with Gasteiger partial charge in [-0.25, -0.2) is 0 Å². The van der Waals surface area contributed by atoms with Crippen LogP contribution in [0.15, 0.2) is 72.8 Å². The highest BCUT2D eigenvalue weighted by Crippen LogP contribution is 2.27. The highest BCUT2D eigenvalue weighted by Gasteiger charge is 2.47. The molecule has 0 aromatic heterocycles. The van der Waals surface area contributed by atoms with E-state index in [1.165, 1.54) is 0 Å². The standard InChI is InChI=1S/C28H29ClN4O2/c1-4-32(5-2)24-15-9-20(10-16-24)18-33-26(21-11-13-23(29)14-12-21)25(28(35)31-33)30-27(34)22-8-6-7-19(3)17-22/h6-18,25-26H,4-5H2,1-3H3,(H-,30,31,34,35)/p+1/t25-,26-/m1/s1. The predicted octanol–water partition coefficient (Wildman–Crippen LogP) is 4.51. The van der Waals surface area contributed by atoms with E-state index < -0.39 is 12.1 Å². The maximum Gasteiger partial charge on any atom is 0.304 e. The number of aryl methyl sites for hydroxylation is 1. The Hall–Kier alpha value is -3.64. The Morgan fingerprint density at radius 3 is 2.37 bits per heavy atom. The van der Waals surface area contributed by atoms with E-state index in [-0.39, 0.29) is 11.8 Å². The summed E-state index contributed by atoms with van der Waals surface area (Å²) in [5.74, 6) is -0.569. The van der Waals surface area contributed by atoms with Crippen LogP contribution in [-0.4, -0.2) is 41.8 Å². The molecule has 2 amide bonds. The van der Waals surface area contributed by atoms with Gasteiger partial charge in [0, 0.05) is 40.5 Å². The number of carbonyl (C=O) groups is 2. The molecule has 1 heterocycles. The van der Waals surface area contributed by atoms with Gasteiger partial charge >= 0.3 is 5.91 Å². The summed E-state index contributed by atoms with van der Waals surface area (Å²) in [6.45, 7) is 8.06. The van der Waals surface area contributed by atoms with E-state index in [0.29, 0.717) is 10.6 Å². The minimum absolute atomic E-state index is 0.276. The second kappa shape index (κ2) is 10.7. The summed E-state index contributed by atoms with van der Waals surface area (Å²) >= 11 is 6.12. The van der Waals surface area contributed by atoms with Crippen LogP contribution in [0.5, 0.6) is 0 Å². The highest BCUT2D eigenvalue weighted by atomic mass is 35.5. The number of hydrazone groups is 1. The lowest BCUT2D eigenvalue weighted by molar-refractivity contribution is -0.596. The zero-order valence-corrected chi connectivity index (χ0v) is 20.9. The first-order valence-corrected chi connectivity index (χ1v) is 12.2. The van der Waals surface area contributed by atoms with Crippen molar-refractivity contribution in [3.63, 3.8) is 0 Å². The summed E-state index contributed by atoms with van der Waals surface area (Å²) in [6, 6.07) is 21.6. The molecule has 6 nitrogen and oxygen atoms in total. The number of carbonyl (C=O) groups excluding carboxylic acids is 2. The van der Waals surface area contributed by atoms with Crippen molar-refractivity contribution in [1.82, 2.24) is 10.7 Å². The van der Waals surface area contributed by atoms with Crippen LogP contribution in [0, 0.1) is 6.92 Å². The molecule has 1 fully saturated rings. The largest absolute Gasteiger partial charge is 0.372 e. The lowest BCUT2D eigenvalue weighted by atomic mass is 9.99. The number of nitrogens with zero attached hydrogens (tertiary/aromatic N) is 2. The third-order valence-corrected chi connectivity index (χ3v) is 6.48. The van der Waals surface area contributed by atoms with Crippen LogP contribution >= 0.6 is 11.6 Å². The number of halogens is 1. The summed E-state index contributed by atoms with van der Waals surface area (Å²) < 4.78 is 1.76. The van der Waals surface area contributed by atoms with E-state index in [2.05, 4.69) is 41.6 Å². The van der Waals surface area contributed by atoms with Crippen LogP contribution in [0.3, 0.4) is 0 Å². The van der Waals surface area contributed by atoms with Gasteiger partial charge in [0.25, 0.3) is 5.91 Å². The van der Waals surface area contributed by atoms with Crippen molar-refractivity contribution < 1.29 is 14.3 Å². The lowest BCUT2D eigenvalue weighted by Crippen LogP contribution is -2.42. The molecular formula is C28H30ClN4O2+. The van der Waals surface area contributed by atoms with Crippen LogP contribution in [0.4, 0.5) is 5.69 Å². The fraction of sp³-hybridized carbons (Fsp3) is 0.250. The molecule has 0 aliphatic carbocycles. The Balaban J connectivity index is 1.67. The van der Waals surface area contributed by atoms with Crippen LogP contribution in [0.1, 0.15) is 46.9 Å². The van der Waals surface area contributed by atoms with E-state index in [0.717, 1.165) is 35.5 Å². The minimum Gasteiger partial charge on any atom is -0.372 e. The van der Waals surface area contributed by atoms with Gasteiger partial charge in [0.1, 0.15) is 0 Å². The number of rotatable bonds is 7. The van der Waals surface area contributed by atoms with Gasteiger partial charge in [-0.3, -0.25) is 9.59 Å². The van der Waals surface area contributed by atoms with Crippen molar-refractivity contribution in [3.05, 3.63) is 100 Å². The maximum absolute atomic E-state index is 13.1. The van der Waals surface area contributed by atoms with Crippen molar-refractivity contribution in [2.45, 2.75) is 32.9 Å². The van der Waals surface area contributed by atoms with Gasteiger partial charge in [-0.1, -0.05) is 41.4 Å². The van der Waals surface area contributed by atoms with E-state index in [4.69, 9.17) is 11.6 Å². The molecule has 35 heavy (non-hydrogen) atoms. The number of amides is 2. The molecule has 3 aromatic carbocycles. The van der Waals surface area contributed by atoms with Gasteiger partial charge in [0.2, 0.25) is 12.3 Å². The predicted molar refractivity (Wildman–Crippen MR) is 140 cm³/mol. The Bertz CT molecular complexity index is 1230. The number of nitrogens with one attached hydrogen (secondary N) is 2. The van der Waals surface area contributed by atoms with Crippen LogP contribution in [0.25, 0.3) is 0 Å². The van der Waals surface area contributed by atoms with Gasteiger partial charge in [-0.15, -0.1) is 10.1 Å². The average molecular weight is 490 g/mol. The van der Waals surface area contributed by atoms with Crippen LogP contribution in [-0.2, 0) is 4.79 Å². The number of benzene rings is 3. The normalized spacial score (nSPS) is 18.4. The molecule has 0 radical (unpaired) electrons. The zero-order chi connectivity index (χ0) is 24.9. The third kappa shape index (κ3) is 5.54. The summed E-state index contributed by atoms with van der Waals surface area (Å²) in [4.78, 5) is 28.3. The summed E-state index contributed by atoms with van der Waals surface area (Å²) in [6.07, 6.45) is 1.89. The van der Waals surface area contributed by atoms with Gasteiger partial charge in [-0.05, 0) is 69.3 Å². The Morgan fingerprint density at radius 1 is 1.06 bits per heavy atom. The Morgan fingerprint density at radius 2 is 1.74 bits per heavy atom. The second-order valence-corrected chi connectivity index (χ2v) is 9.03. The molecule has 7 heteroatoms. The van der Waals surface area contributed by atoms with E-state index in [9.17, 15) is 9.59 Å². The van der Waals surface area contributed by atoms with Crippen molar-refractivity contribution in [2.75, 3.05) is 18.0 Å². The monoisotopic (exact) mass is 489 g/mol. The SMILES string of the molecule is CCN(CC)c1ccc(/C=[N+]2\NC(=O)[C@H](NC(=O)c3cccc(C)c3)[C@H]2c2ccc(Cl)cc2)cc1. The van der Waals surface area contributed by atoms with Crippen molar-refractivity contribution in [1.29, 1.82) is 0 Å². The highest BCUT2D eigenvalue weighted by molar-refractivity contribution is 6.30. The molecule has 0 spiro atoms. The Labute approximate surface area is 211 Å². The van der Waals surface area contributed by atoms with Crippen LogP contribution < -0.4 is 15.6 Å². The molecule has 0 bridgehead atoms. The summed E-state index contributed by atoms with van der Waals surface area (Å²) in [5.41, 5.74) is 7.36. The number of hydrazine groups is 1. The van der Waals surface area contributed by atoms with Gasteiger partial charge in [-0.2, -0.15) is 0 Å². The first-order chi connectivity index (χ1) is 16.9. The van der Waals surface area contributed by atoms with Gasteiger partial charge < -0.3 is 10.2 Å². The van der Waals surface area contributed by atoms with Gasteiger partial charge in [0.05, 0.1) is 0 Å². The van der Waals surface area contributed by atoms with Crippen molar-refractivity contribution in [3.8, 4) is 0 Å². The fourth-order valence-electron chi connectivity index (χ4n) is 4.37. The number of hydrogen-bond donors (Lipinski definition) is 2. The number of hydrogen-bond acceptors (Lipinski definition) is 3. The van der Waals surface area contributed by atoms with Gasteiger partial charge in [0.15, 0.2) is 6.04 Å². The molecular weight excluding hydrogens is 460 g/mol. The Kier molecular flexibility index (Phi) is 7.51. The quantitative estimate of drug-likeness (QED) is 0.480. The summed E-state index contributed by atoms with van der Waals surface area (Å²) in [7, 11) is 0. The zero-order valence-electron chi connectivity index (χ0n) is 20.2. The van der Waals surface area contributed by atoms with E-state index in [1.54, 1.807) is 28.9 Å². The molecule has 3 aromatic rings. The molecule has 0 saturated carbocycles. The molecule has 1 aliphatic rings. The smallest absolute Gasteiger partial charge is 0.304 e. The molecule has 2 N–H and O–H groups in total. The summed E-state index contributed by atoms with van der Waals surface area (Å²) in [5, 5.41) is 3.54. The lowest BCUT2D eigenvalue weighted by Gasteiger charge is -2.20. The first kappa shape index (κ1) is 24.5. The van der Waals surface area contributed by atoms with Crippen molar-refractivity contribution in [2.24, 2.45) is 0 Å². The van der Waals surface area contributed by atoms with Crippen LogP contribution in [0.2, 0.25) is 5.02 Å². The minimum atomic E-state index is -0.782. The molecule has 2 atom stereocenters. The molecule has 180 valence electrons. The topological polar surface area (TPSA) is 64.5 Å². The third-order valence-electron chi connectivity index (χ3n) is 6.23. The number of anilines is 1. The maximum atomic E-state index is 13.1. The first-order valence-electron chi connectivity index (χ1n) is 11.8. The van der Waals surface area contributed by atoms with E-state index >= 15 is 0 Å². The van der Waals surface area contributed by atoms with Crippen molar-refractivity contribution >= 4 is 35.3 Å². The molecule has 1 aliphatic heterocycles. The average Bonchev–Trinajstić information content (AvgIpc) is 3.15.